The van der Waals surface area contributed by atoms with E-state index >= 15 is 0 Å². The predicted octanol–water partition coefficient (Wildman–Crippen LogP) is 1.58. The normalized spacial score (nSPS) is 11.1. The summed E-state index contributed by atoms with van der Waals surface area (Å²) in [6.07, 6.45) is 1.40. The molecule has 0 amide bonds. The molecule has 0 aliphatic rings. The second-order valence-electron chi connectivity index (χ2n) is 3.62. The summed E-state index contributed by atoms with van der Waals surface area (Å²) in [6.45, 7) is 0. The molecule has 0 bridgehead atoms. The second-order valence-corrected chi connectivity index (χ2v) is 3.62. The van der Waals surface area contributed by atoms with Crippen molar-refractivity contribution in [2.24, 2.45) is 0 Å². The molecule has 0 radical (unpaired) electrons. The molecule has 0 aliphatic carbocycles. The second kappa shape index (κ2) is 5.11. The van der Waals surface area contributed by atoms with E-state index < -0.39 is 10.9 Å². The molecule has 1 aromatic rings. The maximum absolute atomic E-state index is 11.1. The van der Waals surface area contributed by atoms with Gasteiger partial charge in [0.1, 0.15) is 0 Å². The number of hydrogen-bond acceptors (Lipinski definition) is 4. The molecule has 0 aromatic heterocycles. The van der Waals surface area contributed by atoms with Crippen molar-refractivity contribution >= 4 is 17.2 Å². The topological polar surface area (TPSA) is 83.7 Å². The first-order valence-corrected chi connectivity index (χ1v) is 4.78. The Bertz CT molecular complexity index is 480. The first kappa shape index (κ1) is 12.7. The monoisotopic (exact) mass is 236 g/mol. The van der Waals surface area contributed by atoms with Crippen molar-refractivity contribution in [3.8, 4) is 0 Å². The maximum Gasteiger partial charge on any atom is 0.337 e. The molecule has 0 unspecified atom stereocenters. The fraction of sp³-hybridized carbons (Fsp3) is 0.182. The van der Waals surface area contributed by atoms with Crippen molar-refractivity contribution in [3.05, 3.63) is 46.1 Å². The third kappa shape index (κ3) is 3.30. The number of aliphatic carboxylic acids is 1. The van der Waals surface area contributed by atoms with Gasteiger partial charge in [-0.3, -0.25) is 10.1 Å². The Morgan fingerprint density at radius 3 is 2.59 bits per heavy atom. The van der Waals surface area contributed by atoms with Crippen molar-refractivity contribution in [2.75, 3.05) is 14.1 Å². The molecule has 0 fully saturated rings. The highest BCUT2D eigenvalue weighted by molar-refractivity contribution is 6.15. The van der Waals surface area contributed by atoms with Crippen molar-refractivity contribution in [2.45, 2.75) is 0 Å². The summed E-state index contributed by atoms with van der Waals surface area (Å²) >= 11 is 0. The van der Waals surface area contributed by atoms with Gasteiger partial charge in [0.05, 0.1) is 10.5 Å². The summed E-state index contributed by atoms with van der Waals surface area (Å²) in [5.74, 6) is -1.13. The lowest BCUT2D eigenvalue weighted by Gasteiger charge is -2.08. The highest BCUT2D eigenvalue weighted by Crippen LogP contribution is 2.20. The van der Waals surface area contributed by atoms with Crippen LogP contribution in [0.2, 0.25) is 0 Å². The number of rotatable bonds is 4. The van der Waals surface area contributed by atoms with E-state index in [9.17, 15) is 14.9 Å². The highest BCUT2D eigenvalue weighted by Gasteiger charge is 2.14. The van der Waals surface area contributed by atoms with E-state index in [0.29, 0.717) is 5.56 Å². The van der Waals surface area contributed by atoms with Crippen LogP contribution in [0.5, 0.6) is 0 Å². The largest absolute Gasteiger partial charge is 0.478 e. The van der Waals surface area contributed by atoms with E-state index in [1.165, 1.54) is 30.5 Å². The predicted molar refractivity (Wildman–Crippen MR) is 62.4 cm³/mol. The van der Waals surface area contributed by atoms with Gasteiger partial charge in [-0.05, 0) is 5.56 Å². The van der Waals surface area contributed by atoms with Gasteiger partial charge in [-0.25, -0.2) is 4.79 Å². The molecular weight excluding hydrogens is 224 g/mol. The quantitative estimate of drug-likeness (QED) is 0.487. The van der Waals surface area contributed by atoms with Gasteiger partial charge in [-0.15, -0.1) is 0 Å². The Balaban J connectivity index is 3.25. The summed E-state index contributed by atoms with van der Waals surface area (Å²) < 4.78 is 0. The van der Waals surface area contributed by atoms with Crippen molar-refractivity contribution in [3.63, 3.8) is 0 Å². The van der Waals surface area contributed by atoms with E-state index in [1.807, 2.05) is 0 Å². The number of carboxylic acids is 1. The van der Waals surface area contributed by atoms with Crippen LogP contribution in [0.25, 0.3) is 5.57 Å². The Morgan fingerprint density at radius 1 is 1.47 bits per heavy atom. The zero-order valence-electron chi connectivity index (χ0n) is 9.45. The molecule has 0 saturated heterocycles. The van der Waals surface area contributed by atoms with E-state index in [0.717, 1.165) is 0 Å². The molecule has 6 nitrogen and oxygen atoms in total. The van der Waals surface area contributed by atoms with Crippen LogP contribution in [0, 0.1) is 10.1 Å². The molecule has 6 heteroatoms. The molecule has 0 atom stereocenters. The van der Waals surface area contributed by atoms with Gasteiger partial charge in [0.2, 0.25) is 0 Å². The minimum atomic E-state index is -1.13. The average molecular weight is 236 g/mol. The summed E-state index contributed by atoms with van der Waals surface area (Å²) in [7, 11) is 3.36. The summed E-state index contributed by atoms with van der Waals surface area (Å²) in [5, 5.41) is 19.6. The Labute approximate surface area is 97.9 Å². The number of non-ortho nitro benzene ring substituents is 1. The lowest BCUT2D eigenvalue weighted by molar-refractivity contribution is -0.384. The molecule has 17 heavy (non-hydrogen) atoms. The zero-order chi connectivity index (χ0) is 13.0. The van der Waals surface area contributed by atoms with Crippen LogP contribution in [0.15, 0.2) is 30.5 Å². The minimum Gasteiger partial charge on any atom is -0.478 e. The number of nitro benzene ring substituents is 1. The third-order valence-electron chi connectivity index (χ3n) is 1.99. The van der Waals surface area contributed by atoms with E-state index in [-0.39, 0.29) is 11.3 Å². The smallest absolute Gasteiger partial charge is 0.337 e. The van der Waals surface area contributed by atoms with Crippen molar-refractivity contribution in [1.82, 2.24) is 4.90 Å². The van der Waals surface area contributed by atoms with Crippen LogP contribution in [0.3, 0.4) is 0 Å². The number of nitrogens with zero attached hydrogens (tertiary/aromatic N) is 2. The molecule has 0 aliphatic heterocycles. The Kier molecular flexibility index (Phi) is 3.82. The zero-order valence-corrected chi connectivity index (χ0v) is 9.45. The van der Waals surface area contributed by atoms with Gasteiger partial charge < -0.3 is 10.0 Å². The number of nitro groups is 1. The van der Waals surface area contributed by atoms with Gasteiger partial charge in [-0.2, -0.15) is 0 Å². The maximum atomic E-state index is 11.1. The van der Waals surface area contributed by atoms with Crippen molar-refractivity contribution < 1.29 is 14.8 Å². The van der Waals surface area contributed by atoms with E-state index in [1.54, 1.807) is 19.0 Å². The standard InChI is InChI=1S/C11H12N2O4/c1-12(2)7-10(11(14)15)8-4-3-5-9(6-8)13(16)17/h3-7H,1-2H3,(H,14,15). The number of carboxylic acid groups (broad SMARTS) is 1. The SMILES string of the molecule is CN(C)C=C(C(=O)O)c1cccc([N+](=O)[O-])c1. The van der Waals surface area contributed by atoms with E-state index in [2.05, 4.69) is 0 Å². The summed E-state index contributed by atoms with van der Waals surface area (Å²) in [5.41, 5.74) is 0.188. The Morgan fingerprint density at radius 2 is 2.12 bits per heavy atom. The molecule has 1 aromatic carbocycles. The summed E-state index contributed by atoms with van der Waals surface area (Å²) in [6, 6.07) is 5.54. The molecule has 90 valence electrons. The molecule has 1 rings (SSSR count). The first-order valence-electron chi connectivity index (χ1n) is 4.78. The average Bonchev–Trinajstić information content (AvgIpc) is 2.25. The van der Waals surface area contributed by atoms with Gasteiger partial charge in [0.25, 0.3) is 5.69 Å². The van der Waals surface area contributed by atoms with Crippen LogP contribution in [0.4, 0.5) is 5.69 Å². The van der Waals surface area contributed by atoms with Gasteiger partial charge >= 0.3 is 5.97 Å². The van der Waals surface area contributed by atoms with E-state index in [4.69, 9.17) is 5.11 Å². The van der Waals surface area contributed by atoms with Crippen LogP contribution >= 0.6 is 0 Å². The molecule has 1 N–H and O–H groups in total. The fourth-order valence-electron chi connectivity index (χ4n) is 1.30. The molecule has 0 saturated carbocycles. The third-order valence-corrected chi connectivity index (χ3v) is 1.99. The number of benzene rings is 1. The fourth-order valence-corrected chi connectivity index (χ4v) is 1.30. The minimum absolute atomic E-state index is 0.0127. The molecular formula is C11H12N2O4. The van der Waals surface area contributed by atoms with Gasteiger partial charge in [0.15, 0.2) is 0 Å². The number of carbonyl (C=O) groups is 1. The number of hydrogen-bond donors (Lipinski definition) is 1. The van der Waals surface area contributed by atoms with Crippen LogP contribution in [0.1, 0.15) is 5.56 Å². The van der Waals surface area contributed by atoms with Crippen LogP contribution in [-0.4, -0.2) is 35.0 Å². The van der Waals surface area contributed by atoms with Crippen LogP contribution in [-0.2, 0) is 4.79 Å². The first-order chi connectivity index (χ1) is 7.91. The van der Waals surface area contributed by atoms with Gasteiger partial charge in [0, 0.05) is 32.4 Å². The van der Waals surface area contributed by atoms with Gasteiger partial charge in [-0.1, -0.05) is 12.1 Å². The Hall–Kier alpha value is -2.37. The van der Waals surface area contributed by atoms with Crippen LogP contribution < -0.4 is 0 Å². The molecule has 0 heterocycles. The molecule has 0 spiro atoms. The van der Waals surface area contributed by atoms with Crippen molar-refractivity contribution in [1.29, 1.82) is 0 Å². The lowest BCUT2D eigenvalue weighted by atomic mass is 10.1. The summed E-state index contributed by atoms with van der Waals surface area (Å²) in [4.78, 5) is 22.7. The lowest BCUT2D eigenvalue weighted by Crippen LogP contribution is -2.08. The highest BCUT2D eigenvalue weighted by atomic mass is 16.6.